The molecule has 3 rings (SSSR count). The molecule has 0 unspecified atom stereocenters. The van der Waals surface area contributed by atoms with E-state index in [1.807, 2.05) is 4.90 Å². The van der Waals surface area contributed by atoms with Crippen LogP contribution < -0.4 is 5.32 Å². The topological polar surface area (TPSA) is 41.6 Å². The third-order valence-corrected chi connectivity index (χ3v) is 6.31. The van der Waals surface area contributed by atoms with Gasteiger partial charge >= 0.3 is 0 Å². The van der Waals surface area contributed by atoms with E-state index in [1.165, 1.54) is 38.5 Å². The van der Waals surface area contributed by atoms with Gasteiger partial charge in [0.15, 0.2) is 0 Å². The minimum atomic E-state index is 0.224. The molecule has 4 nitrogen and oxygen atoms in total. The molecule has 0 aromatic carbocycles. The number of likely N-dealkylation sites (tertiary alicyclic amines) is 1. The first-order chi connectivity index (χ1) is 10.7. The lowest BCUT2D eigenvalue weighted by Crippen LogP contribution is -2.66. The lowest BCUT2D eigenvalue weighted by atomic mass is 9.55. The van der Waals surface area contributed by atoms with Crippen LogP contribution in [0.5, 0.6) is 0 Å². The molecule has 1 spiro atoms. The third kappa shape index (κ3) is 3.05. The Morgan fingerprint density at radius 3 is 2.50 bits per heavy atom. The van der Waals surface area contributed by atoms with Crippen molar-refractivity contribution >= 4 is 5.91 Å². The van der Waals surface area contributed by atoms with Crippen LogP contribution in [0.3, 0.4) is 0 Å². The van der Waals surface area contributed by atoms with Gasteiger partial charge in [0.2, 0.25) is 5.91 Å². The SMILES string of the molecule is CCO[C@@H]1C[C@@H](NC2CCN(C(C)=O)CC2)C12CCCCC2. The molecule has 22 heavy (non-hydrogen) atoms. The summed E-state index contributed by atoms with van der Waals surface area (Å²) in [4.78, 5) is 13.4. The largest absolute Gasteiger partial charge is 0.378 e. The quantitative estimate of drug-likeness (QED) is 0.868. The Kier molecular flexibility index (Phi) is 5.08. The number of ether oxygens (including phenoxy) is 1. The second kappa shape index (κ2) is 6.88. The molecule has 1 aliphatic heterocycles. The first-order valence-corrected chi connectivity index (χ1v) is 9.29. The highest BCUT2D eigenvalue weighted by atomic mass is 16.5. The van der Waals surface area contributed by atoms with E-state index in [1.54, 1.807) is 6.92 Å². The normalized spacial score (nSPS) is 32.0. The van der Waals surface area contributed by atoms with Crippen LogP contribution in [0.2, 0.25) is 0 Å². The van der Waals surface area contributed by atoms with Gasteiger partial charge in [0.25, 0.3) is 0 Å². The fourth-order valence-corrected chi connectivity index (χ4v) is 4.94. The van der Waals surface area contributed by atoms with Crippen LogP contribution in [-0.2, 0) is 9.53 Å². The van der Waals surface area contributed by atoms with Gasteiger partial charge in [-0.3, -0.25) is 4.79 Å². The Labute approximate surface area is 135 Å². The Balaban J connectivity index is 1.55. The van der Waals surface area contributed by atoms with E-state index in [4.69, 9.17) is 4.74 Å². The molecule has 0 aromatic heterocycles. The molecule has 2 aliphatic carbocycles. The molecule has 2 atom stereocenters. The summed E-state index contributed by atoms with van der Waals surface area (Å²) in [6.45, 7) is 6.48. The first kappa shape index (κ1) is 16.3. The summed E-state index contributed by atoms with van der Waals surface area (Å²) in [5, 5.41) is 3.95. The maximum absolute atomic E-state index is 11.4. The van der Waals surface area contributed by atoms with Gasteiger partial charge in [0.05, 0.1) is 6.10 Å². The number of rotatable bonds is 4. The van der Waals surface area contributed by atoms with Crippen molar-refractivity contribution in [2.24, 2.45) is 5.41 Å². The second-order valence-corrected chi connectivity index (χ2v) is 7.47. The number of hydrogen-bond acceptors (Lipinski definition) is 3. The number of carbonyl (C=O) groups is 1. The Bertz CT molecular complexity index is 385. The smallest absolute Gasteiger partial charge is 0.219 e. The molecular formula is C18H32N2O2. The highest BCUT2D eigenvalue weighted by molar-refractivity contribution is 5.73. The molecule has 3 aliphatic rings. The van der Waals surface area contributed by atoms with Gasteiger partial charge in [0, 0.05) is 44.1 Å². The van der Waals surface area contributed by atoms with Gasteiger partial charge in [-0.15, -0.1) is 0 Å². The van der Waals surface area contributed by atoms with Gasteiger partial charge in [-0.2, -0.15) is 0 Å². The molecule has 3 fully saturated rings. The van der Waals surface area contributed by atoms with Crippen molar-refractivity contribution in [1.29, 1.82) is 0 Å². The zero-order valence-corrected chi connectivity index (χ0v) is 14.3. The molecule has 1 N–H and O–H groups in total. The van der Waals surface area contributed by atoms with Gasteiger partial charge in [-0.1, -0.05) is 19.3 Å². The summed E-state index contributed by atoms with van der Waals surface area (Å²) in [6, 6.07) is 1.22. The van der Waals surface area contributed by atoms with E-state index in [2.05, 4.69) is 12.2 Å². The maximum Gasteiger partial charge on any atom is 0.219 e. The zero-order valence-electron chi connectivity index (χ0n) is 14.3. The standard InChI is InChI=1S/C18H32N2O2/c1-3-22-17-13-16(18(17)9-5-4-6-10-18)19-15-7-11-20(12-8-15)14(2)21/h15-17,19H,3-13H2,1-2H3/t16-,17-/m1/s1. The van der Waals surface area contributed by atoms with Crippen LogP contribution in [-0.4, -0.2) is 48.7 Å². The minimum absolute atomic E-state index is 0.224. The van der Waals surface area contributed by atoms with Crippen molar-refractivity contribution in [3.63, 3.8) is 0 Å². The molecule has 1 amide bonds. The number of hydrogen-bond donors (Lipinski definition) is 1. The van der Waals surface area contributed by atoms with Gasteiger partial charge in [-0.25, -0.2) is 0 Å². The molecule has 126 valence electrons. The van der Waals surface area contributed by atoms with E-state index in [-0.39, 0.29) is 5.91 Å². The molecular weight excluding hydrogens is 276 g/mol. The fourth-order valence-electron chi connectivity index (χ4n) is 4.94. The van der Waals surface area contributed by atoms with Crippen molar-refractivity contribution in [3.05, 3.63) is 0 Å². The highest BCUT2D eigenvalue weighted by Crippen LogP contribution is 2.53. The van der Waals surface area contributed by atoms with Crippen LogP contribution in [0.25, 0.3) is 0 Å². The Morgan fingerprint density at radius 2 is 1.91 bits per heavy atom. The average Bonchev–Trinajstić information content (AvgIpc) is 2.55. The summed E-state index contributed by atoms with van der Waals surface area (Å²) in [5.74, 6) is 0.224. The van der Waals surface area contributed by atoms with Crippen molar-refractivity contribution in [2.75, 3.05) is 19.7 Å². The summed E-state index contributed by atoms with van der Waals surface area (Å²) >= 11 is 0. The highest BCUT2D eigenvalue weighted by Gasteiger charge is 2.55. The summed E-state index contributed by atoms with van der Waals surface area (Å²) in [7, 11) is 0. The summed E-state index contributed by atoms with van der Waals surface area (Å²) < 4.78 is 6.05. The van der Waals surface area contributed by atoms with Crippen molar-refractivity contribution in [3.8, 4) is 0 Å². The number of nitrogens with one attached hydrogen (secondary N) is 1. The van der Waals surface area contributed by atoms with E-state index in [9.17, 15) is 4.79 Å². The van der Waals surface area contributed by atoms with Gasteiger partial charge in [-0.05, 0) is 39.0 Å². The van der Waals surface area contributed by atoms with Crippen LogP contribution in [0.15, 0.2) is 0 Å². The van der Waals surface area contributed by atoms with Crippen molar-refractivity contribution in [2.45, 2.75) is 83.4 Å². The maximum atomic E-state index is 11.4. The zero-order chi connectivity index (χ0) is 15.6. The minimum Gasteiger partial charge on any atom is -0.378 e. The van der Waals surface area contributed by atoms with Crippen LogP contribution in [0, 0.1) is 5.41 Å². The molecule has 0 bridgehead atoms. The summed E-state index contributed by atoms with van der Waals surface area (Å²) in [6.07, 6.45) is 10.7. The number of amides is 1. The van der Waals surface area contributed by atoms with E-state index >= 15 is 0 Å². The molecule has 1 heterocycles. The number of nitrogens with zero attached hydrogens (tertiary/aromatic N) is 1. The predicted molar refractivity (Wildman–Crippen MR) is 87.7 cm³/mol. The van der Waals surface area contributed by atoms with Crippen molar-refractivity contribution in [1.82, 2.24) is 10.2 Å². The monoisotopic (exact) mass is 308 g/mol. The van der Waals surface area contributed by atoms with E-state index in [0.29, 0.717) is 23.6 Å². The van der Waals surface area contributed by atoms with E-state index < -0.39 is 0 Å². The van der Waals surface area contributed by atoms with Crippen LogP contribution >= 0.6 is 0 Å². The van der Waals surface area contributed by atoms with Gasteiger partial charge < -0.3 is 15.0 Å². The predicted octanol–water partition coefficient (Wildman–Crippen LogP) is 2.71. The molecule has 4 heteroatoms. The molecule has 2 saturated carbocycles. The second-order valence-electron chi connectivity index (χ2n) is 7.47. The van der Waals surface area contributed by atoms with Gasteiger partial charge in [0.1, 0.15) is 0 Å². The Hall–Kier alpha value is -0.610. The lowest BCUT2D eigenvalue weighted by molar-refractivity contribution is -0.153. The van der Waals surface area contributed by atoms with Crippen LogP contribution in [0.4, 0.5) is 0 Å². The Morgan fingerprint density at radius 1 is 1.23 bits per heavy atom. The molecule has 1 saturated heterocycles. The number of piperidine rings is 1. The average molecular weight is 308 g/mol. The van der Waals surface area contributed by atoms with Crippen LogP contribution in [0.1, 0.15) is 65.2 Å². The summed E-state index contributed by atoms with van der Waals surface area (Å²) in [5.41, 5.74) is 0.409. The van der Waals surface area contributed by atoms with Crippen molar-refractivity contribution < 1.29 is 9.53 Å². The van der Waals surface area contributed by atoms with E-state index in [0.717, 1.165) is 32.5 Å². The fraction of sp³-hybridized carbons (Fsp3) is 0.944. The third-order valence-electron chi connectivity index (χ3n) is 6.31. The lowest BCUT2D eigenvalue weighted by Gasteiger charge is -2.59. The molecule has 0 radical (unpaired) electrons. The molecule has 0 aromatic rings. The number of carbonyl (C=O) groups excluding carboxylic acids is 1. The first-order valence-electron chi connectivity index (χ1n) is 9.29.